The number of hydrogen-bond acceptors (Lipinski definition) is 3. The van der Waals surface area contributed by atoms with Gasteiger partial charge in [-0.2, -0.15) is 0 Å². The van der Waals surface area contributed by atoms with E-state index in [-0.39, 0.29) is 0 Å². The molecule has 0 fully saturated rings. The van der Waals surface area contributed by atoms with E-state index in [1.807, 2.05) is 6.07 Å². The fraction of sp³-hybridized carbons (Fsp3) is 0.333. The summed E-state index contributed by atoms with van der Waals surface area (Å²) in [5.41, 5.74) is 6.31. The van der Waals surface area contributed by atoms with Crippen LogP contribution in [-0.2, 0) is 6.42 Å². The second-order valence-corrected chi connectivity index (χ2v) is 1.74. The molecule has 0 aliphatic carbocycles. The molecule has 48 valence electrons. The molecule has 1 heterocycles. The normalized spacial score (nSPS) is 9.44. The van der Waals surface area contributed by atoms with E-state index in [0.717, 1.165) is 12.1 Å². The van der Waals surface area contributed by atoms with Crippen molar-refractivity contribution in [3.63, 3.8) is 0 Å². The van der Waals surface area contributed by atoms with Crippen molar-refractivity contribution in [1.82, 2.24) is 9.97 Å². The van der Waals surface area contributed by atoms with Crippen LogP contribution in [0.15, 0.2) is 18.6 Å². The predicted molar refractivity (Wildman–Crippen MR) is 34.8 cm³/mol. The van der Waals surface area contributed by atoms with E-state index in [1.165, 1.54) is 6.33 Å². The largest absolute Gasteiger partial charge is 0.330 e. The number of nitrogens with zero attached hydrogens (tertiary/aromatic N) is 2. The first kappa shape index (κ1) is 6.16. The summed E-state index contributed by atoms with van der Waals surface area (Å²) >= 11 is 0. The second kappa shape index (κ2) is 3.14. The Labute approximate surface area is 53.9 Å². The number of nitrogens with two attached hydrogens (primary N) is 1. The van der Waals surface area contributed by atoms with Crippen LogP contribution in [0.3, 0.4) is 0 Å². The maximum Gasteiger partial charge on any atom is 0.115 e. The number of hydrogen-bond donors (Lipinski definition) is 1. The minimum atomic E-state index is 0.650. The molecule has 0 saturated carbocycles. The Morgan fingerprint density at radius 2 is 2.44 bits per heavy atom. The molecule has 1 aromatic heterocycles. The standard InChI is InChI=1S/C6H9N3/c7-3-1-6-2-4-8-5-9-6/h2,4-5H,1,3,7H2. The van der Waals surface area contributed by atoms with Crippen LogP contribution in [0.4, 0.5) is 0 Å². The Morgan fingerprint density at radius 1 is 1.56 bits per heavy atom. The van der Waals surface area contributed by atoms with Crippen molar-refractivity contribution in [1.29, 1.82) is 0 Å². The molecule has 0 saturated heterocycles. The van der Waals surface area contributed by atoms with Crippen LogP contribution in [0.25, 0.3) is 0 Å². The van der Waals surface area contributed by atoms with Crippen molar-refractivity contribution in [3.05, 3.63) is 24.3 Å². The molecule has 0 aliphatic rings. The molecule has 2 N–H and O–H groups in total. The predicted octanol–water partition coefficient (Wildman–Crippen LogP) is -0.0222. The summed E-state index contributed by atoms with van der Waals surface area (Å²) in [4.78, 5) is 7.75. The fourth-order valence-corrected chi connectivity index (χ4v) is 0.614. The summed E-state index contributed by atoms with van der Waals surface area (Å²) in [5.74, 6) is 0. The van der Waals surface area contributed by atoms with Gasteiger partial charge in [0.1, 0.15) is 6.33 Å². The fourth-order valence-electron chi connectivity index (χ4n) is 0.614. The van der Waals surface area contributed by atoms with Gasteiger partial charge in [-0.25, -0.2) is 9.97 Å². The van der Waals surface area contributed by atoms with E-state index < -0.39 is 0 Å². The molecule has 0 radical (unpaired) electrons. The lowest BCUT2D eigenvalue weighted by molar-refractivity contribution is 0.909. The van der Waals surface area contributed by atoms with E-state index in [4.69, 9.17) is 5.73 Å². The third-order valence-electron chi connectivity index (χ3n) is 1.04. The Hall–Kier alpha value is -0.960. The molecule has 1 rings (SSSR count). The summed E-state index contributed by atoms with van der Waals surface area (Å²) in [6.45, 7) is 0.650. The summed E-state index contributed by atoms with van der Waals surface area (Å²) in [6, 6.07) is 1.87. The molecule has 0 spiro atoms. The van der Waals surface area contributed by atoms with E-state index in [1.54, 1.807) is 6.20 Å². The Morgan fingerprint density at radius 3 is 3.00 bits per heavy atom. The summed E-state index contributed by atoms with van der Waals surface area (Å²) < 4.78 is 0. The quantitative estimate of drug-likeness (QED) is 0.601. The van der Waals surface area contributed by atoms with Gasteiger partial charge in [-0.1, -0.05) is 0 Å². The van der Waals surface area contributed by atoms with Gasteiger partial charge in [0, 0.05) is 18.3 Å². The maximum atomic E-state index is 5.30. The number of aromatic nitrogens is 2. The van der Waals surface area contributed by atoms with Crippen LogP contribution in [0.5, 0.6) is 0 Å². The van der Waals surface area contributed by atoms with Crippen LogP contribution in [-0.4, -0.2) is 16.5 Å². The molecule has 0 atom stereocenters. The molecular formula is C6H9N3. The average molecular weight is 123 g/mol. The van der Waals surface area contributed by atoms with Gasteiger partial charge in [-0.3, -0.25) is 0 Å². The lowest BCUT2D eigenvalue weighted by Gasteiger charge is -1.92. The Kier molecular flexibility index (Phi) is 2.15. The van der Waals surface area contributed by atoms with Crippen molar-refractivity contribution in [2.24, 2.45) is 5.73 Å². The summed E-state index contributed by atoms with van der Waals surface area (Å²) in [5, 5.41) is 0. The highest BCUT2D eigenvalue weighted by molar-refractivity contribution is 4.97. The first-order chi connectivity index (χ1) is 4.43. The molecule has 0 amide bonds. The van der Waals surface area contributed by atoms with Crippen LogP contribution in [0, 0.1) is 0 Å². The third kappa shape index (κ3) is 1.77. The molecule has 3 heteroatoms. The van der Waals surface area contributed by atoms with Gasteiger partial charge < -0.3 is 5.73 Å². The SMILES string of the molecule is NCCc1ccncn1. The molecule has 0 aromatic carbocycles. The zero-order chi connectivity index (χ0) is 6.53. The van der Waals surface area contributed by atoms with Crippen LogP contribution < -0.4 is 5.73 Å². The zero-order valence-electron chi connectivity index (χ0n) is 5.12. The molecule has 1 aromatic rings. The Bertz CT molecular complexity index is 161. The highest BCUT2D eigenvalue weighted by atomic mass is 14.8. The molecule has 9 heavy (non-hydrogen) atoms. The van der Waals surface area contributed by atoms with Gasteiger partial charge in [0.25, 0.3) is 0 Å². The molecular weight excluding hydrogens is 114 g/mol. The third-order valence-corrected chi connectivity index (χ3v) is 1.04. The zero-order valence-corrected chi connectivity index (χ0v) is 5.12. The highest BCUT2D eigenvalue weighted by Gasteiger charge is 1.87. The lowest BCUT2D eigenvalue weighted by Crippen LogP contribution is -2.03. The van der Waals surface area contributed by atoms with Crippen LogP contribution in [0.1, 0.15) is 5.69 Å². The maximum absolute atomic E-state index is 5.30. The van der Waals surface area contributed by atoms with Gasteiger partial charge in [-0.05, 0) is 12.6 Å². The van der Waals surface area contributed by atoms with E-state index in [2.05, 4.69) is 9.97 Å². The lowest BCUT2D eigenvalue weighted by atomic mass is 10.3. The van der Waals surface area contributed by atoms with Crippen molar-refractivity contribution in [2.45, 2.75) is 6.42 Å². The van der Waals surface area contributed by atoms with Gasteiger partial charge in [0.2, 0.25) is 0 Å². The van der Waals surface area contributed by atoms with Crippen molar-refractivity contribution in [2.75, 3.05) is 6.54 Å². The smallest absolute Gasteiger partial charge is 0.115 e. The van der Waals surface area contributed by atoms with Gasteiger partial charge >= 0.3 is 0 Å². The first-order valence-corrected chi connectivity index (χ1v) is 2.88. The summed E-state index contributed by atoms with van der Waals surface area (Å²) in [6.07, 6.45) is 4.09. The van der Waals surface area contributed by atoms with Gasteiger partial charge in [-0.15, -0.1) is 0 Å². The minimum Gasteiger partial charge on any atom is -0.330 e. The van der Waals surface area contributed by atoms with Crippen molar-refractivity contribution in [3.8, 4) is 0 Å². The average Bonchev–Trinajstić information content (AvgIpc) is 1.91. The first-order valence-electron chi connectivity index (χ1n) is 2.88. The van der Waals surface area contributed by atoms with Gasteiger partial charge in [0.15, 0.2) is 0 Å². The molecule has 0 unspecified atom stereocenters. The van der Waals surface area contributed by atoms with Crippen LogP contribution >= 0.6 is 0 Å². The molecule has 0 bridgehead atoms. The highest BCUT2D eigenvalue weighted by Crippen LogP contribution is 1.88. The van der Waals surface area contributed by atoms with Gasteiger partial charge in [0.05, 0.1) is 0 Å². The van der Waals surface area contributed by atoms with E-state index in [0.29, 0.717) is 6.54 Å². The molecule has 0 aliphatic heterocycles. The summed E-state index contributed by atoms with van der Waals surface area (Å²) in [7, 11) is 0. The minimum absolute atomic E-state index is 0.650. The van der Waals surface area contributed by atoms with Crippen LogP contribution in [0.2, 0.25) is 0 Å². The Balaban J connectivity index is 2.61. The monoisotopic (exact) mass is 123 g/mol. The van der Waals surface area contributed by atoms with E-state index in [9.17, 15) is 0 Å². The molecule has 3 nitrogen and oxygen atoms in total. The second-order valence-electron chi connectivity index (χ2n) is 1.74. The van der Waals surface area contributed by atoms with E-state index >= 15 is 0 Å². The number of rotatable bonds is 2. The van der Waals surface area contributed by atoms with Crippen molar-refractivity contribution >= 4 is 0 Å². The topological polar surface area (TPSA) is 51.8 Å². The van der Waals surface area contributed by atoms with Crippen molar-refractivity contribution < 1.29 is 0 Å².